The molecule has 0 bridgehead atoms. The molecule has 39 heavy (non-hydrogen) atoms. The molecule has 0 aliphatic heterocycles. The van der Waals surface area contributed by atoms with Crippen molar-refractivity contribution in [1.29, 1.82) is 0 Å². The summed E-state index contributed by atoms with van der Waals surface area (Å²) in [6.07, 6.45) is 0.539. The number of halogens is 1. The number of thioether (sulfide) groups is 1. The van der Waals surface area contributed by atoms with Gasteiger partial charge in [-0.15, -0.1) is 10.2 Å². The summed E-state index contributed by atoms with van der Waals surface area (Å²) >= 11 is 7.73. The van der Waals surface area contributed by atoms with Gasteiger partial charge in [0.2, 0.25) is 0 Å². The highest BCUT2D eigenvalue weighted by Gasteiger charge is 2.25. The third kappa shape index (κ3) is 7.07. The summed E-state index contributed by atoms with van der Waals surface area (Å²) in [5.74, 6) is 1.40. The lowest BCUT2D eigenvalue weighted by Gasteiger charge is -2.21. The van der Waals surface area contributed by atoms with Crippen LogP contribution in [0.3, 0.4) is 0 Å². The van der Waals surface area contributed by atoms with Crippen molar-refractivity contribution in [2.45, 2.75) is 30.3 Å². The van der Waals surface area contributed by atoms with Gasteiger partial charge in [-0.25, -0.2) is 4.79 Å². The Hall–Kier alpha value is -4.07. The van der Waals surface area contributed by atoms with Gasteiger partial charge < -0.3 is 10.6 Å². The van der Waals surface area contributed by atoms with Gasteiger partial charge in [0.15, 0.2) is 11.0 Å². The lowest BCUT2D eigenvalue weighted by Crippen LogP contribution is -2.35. The fourth-order valence-electron chi connectivity index (χ4n) is 4.21. The van der Waals surface area contributed by atoms with Crippen molar-refractivity contribution >= 4 is 35.1 Å². The van der Waals surface area contributed by atoms with E-state index in [1.807, 2.05) is 53.1 Å². The van der Waals surface area contributed by atoms with Crippen LogP contribution < -0.4 is 10.6 Å². The van der Waals surface area contributed by atoms with Gasteiger partial charge in [-0.05, 0) is 48.4 Å². The summed E-state index contributed by atoms with van der Waals surface area (Å²) in [5.41, 5.74) is 4.97. The molecule has 0 aliphatic rings. The van der Waals surface area contributed by atoms with E-state index in [4.69, 9.17) is 11.6 Å². The quantitative estimate of drug-likeness (QED) is 0.184. The highest BCUT2D eigenvalue weighted by molar-refractivity contribution is 7.98. The average molecular weight is 554 g/mol. The molecule has 6 nitrogen and oxygen atoms in total. The first-order valence-electron chi connectivity index (χ1n) is 12.6. The van der Waals surface area contributed by atoms with Crippen LogP contribution in [0.25, 0.3) is 5.69 Å². The van der Waals surface area contributed by atoms with E-state index in [0.29, 0.717) is 23.0 Å². The van der Waals surface area contributed by atoms with Crippen LogP contribution in [0.15, 0.2) is 114 Å². The molecule has 8 heteroatoms. The zero-order valence-corrected chi connectivity index (χ0v) is 23.0. The fraction of sp³-hybridized carbons (Fsp3) is 0.129. The van der Waals surface area contributed by atoms with Crippen molar-refractivity contribution < 1.29 is 4.79 Å². The topological polar surface area (TPSA) is 71.8 Å². The Labute approximate surface area is 237 Å². The zero-order valence-electron chi connectivity index (χ0n) is 21.4. The van der Waals surface area contributed by atoms with Crippen LogP contribution in [0, 0.1) is 6.92 Å². The van der Waals surface area contributed by atoms with E-state index in [-0.39, 0.29) is 6.03 Å². The second kappa shape index (κ2) is 12.7. The molecule has 1 aromatic heterocycles. The van der Waals surface area contributed by atoms with Crippen LogP contribution in [0.1, 0.15) is 28.6 Å². The Morgan fingerprint density at radius 3 is 2.26 bits per heavy atom. The lowest BCUT2D eigenvalue weighted by molar-refractivity contribution is 0.247. The smallest absolute Gasteiger partial charge is 0.319 e. The average Bonchev–Trinajstić information content (AvgIpc) is 3.37. The SMILES string of the molecule is Cc1ccc(-n2c(SCc3ccccc3)nnc2C(Cc2ccccc2)NC(=O)Nc2cccc(Cl)c2)cc1. The fourth-order valence-corrected chi connectivity index (χ4v) is 5.31. The number of aryl methyl sites for hydroxylation is 1. The molecule has 2 amide bonds. The maximum Gasteiger partial charge on any atom is 0.319 e. The third-order valence-electron chi connectivity index (χ3n) is 6.14. The normalized spacial score (nSPS) is 11.6. The molecule has 1 unspecified atom stereocenters. The van der Waals surface area contributed by atoms with Gasteiger partial charge in [0.25, 0.3) is 0 Å². The molecule has 5 aromatic rings. The summed E-state index contributed by atoms with van der Waals surface area (Å²) in [4.78, 5) is 13.2. The van der Waals surface area contributed by atoms with Crippen LogP contribution in [-0.2, 0) is 12.2 Å². The number of amides is 2. The first-order valence-corrected chi connectivity index (χ1v) is 14.0. The molecular weight excluding hydrogens is 526 g/mol. The molecule has 0 saturated carbocycles. The molecule has 1 atom stereocenters. The molecule has 2 N–H and O–H groups in total. The van der Waals surface area contributed by atoms with Gasteiger partial charge in [0.1, 0.15) is 0 Å². The van der Waals surface area contributed by atoms with E-state index in [1.165, 1.54) is 5.56 Å². The number of nitrogens with zero attached hydrogens (tertiary/aromatic N) is 3. The number of hydrogen-bond donors (Lipinski definition) is 2. The van der Waals surface area contributed by atoms with Gasteiger partial charge in [-0.3, -0.25) is 4.57 Å². The number of aromatic nitrogens is 3. The van der Waals surface area contributed by atoms with Crippen LogP contribution in [-0.4, -0.2) is 20.8 Å². The Kier molecular flexibility index (Phi) is 8.61. The number of urea groups is 1. The van der Waals surface area contributed by atoms with E-state index in [1.54, 1.807) is 36.0 Å². The molecule has 0 radical (unpaired) electrons. The Morgan fingerprint density at radius 1 is 0.872 bits per heavy atom. The number of carbonyl (C=O) groups excluding carboxylic acids is 1. The van der Waals surface area contributed by atoms with Crippen molar-refractivity contribution in [3.63, 3.8) is 0 Å². The van der Waals surface area contributed by atoms with Crippen molar-refractivity contribution in [2.75, 3.05) is 5.32 Å². The zero-order chi connectivity index (χ0) is 27.0. The molecular formula is C31H28ClN5OS. The van der Waals surface area contributed by atoms with Crippen molar-refractivity contribution in [1.82, 2.24) is 20.1 Å². The molecule has 4 aromatic carbocycles. The first kappa shape index (κ1) is 26.5. The number of hydrogen-bond acceptors (Lipinski definition) is 4. The van der Waals surface area contributed by atoms with Crippen LogP contribution in [0.2, 0.25) is 5.02 Å². The van der Waals surface area contributed by atoms with Gasteiger partial charge in [0.05, 0.1) is 6.04 Å². The largest absolute Gasteiger partial charge is 0.327 e. The van der Waals surface area contributed by atoms with Crippen molar-refractivity contribution in [3.8, 4) is 5.69 Å². The molecule has 1 heterocycles. The standard InChI is InChI=1S/C31H28ClN5OS/c1-22-15-17-27(18-16-22)37-29(35-36-31(37)39-21-24-11-6-3-7-12-24)28(19-23-9-4-2-5-10-23)34-30(38)33-26-14-8-13-25(32)20-26/h2-18,20,28H,19,21H2,1H3,(H2,33,34,38). The second-order valence-electron chi connectivity index (χ2n) is 9.14. The summed E-state index contributed by atoms with van der Waals surface area (Å²) in [6.45, 7) is 2.06. The third-order valence-corrected chi connectivity index (χ3v) is 7.38. The van der Waals surface area contributed by atoms with Crippen LogP contribution in [0.5, 0.6) is 0 Å². The monoisotopic (exact) mass is 553 g/mol. The number of benzene rings is 4. The minimum absolute atomic E-state index is 0.352. The summed E-state index contributed by atoms with van der Waals surface area (Å²) in [7, 11) is 0. The van der Waals surface area contributed by atoms with Crippen molar-refractivity contribution in [2.24, 2.45) is 0 Å². The Bertz CT molecular complexity index is 1520. The number of rotatable bonds is 9. The highest BCUT2D eigenvalue weighted by atomic mass is 35.5. The Morgan fingerprint density at radius 2 is 1.56 bits per heavy atom. The maximum atomic E-state index is 13.2. The van der Waals surface area contributed by atoms with Gasteiger partial charge in [-0.1, -0.05) is 108 Å². The van der Waals surface area contributed by atoms with E-state index in [9.17, 15) is 4.79 Å². The van der Waals surface area contributed by atoms with E-state index in [0.717, 1.165) is 27.7 Å². The number of anilines is 1. The molecule has 0 aliphatic carbocycles. The number of carbonyl (C=O) groups is 1. The summed E-state index contributed by atoms with van der Waals surface area (Å²) in [5, 5.41) is 16.5. The van der Waals surface area contributed by atoms with Crippen molar-refractivity contribution in [3.05, 3.63) is 137 Å². The molecule has 196 valence electrons. The predicted octanol–water partition coefficient (Wildman–Crippen LogP) is 7.63. The minimum Gasteiger partial charge on any atom is -0.327 e. The number of nitrogens with one attached hydrogen (secondary N) is 2. The van der Waals surface area contributed by atoms with E-state index < -0.39 is 6.04 Å². The lowest BCUT2D eigenvalue weighted by atomic mass is 10.1. The molecule has 5 rings (SSSR count). The Balaban J connectivity index is 1.49. The minimum atomic E-state index is -0.452. The maximum absolute atomic E-state index is 13.2. The van der Waals surface area contributed by atoms with Crippen LogP contribution in [0.4, 0.5) is 10.5 Å². The van der Waals surface area contributed by atoms with Gasteiger partial charge in [0, 0.05) is 28.6 Å². The molecule has 0 fully saturated rings. The predicted molar refractivity (Wildman–Crippen MR) is 159 cm³/mol. The summed E-state index contributed by atoms with van der Waals surface area (Å²) in [6, 6.07) is 34.8. The molecule has 0 saturated heterocycles. The molecule has 0 spiro atoms. The van der Waals surface area contributed by atoms with Crippen LogP contribution >= 0.6 is 23.4 Å². The van der Waals surface area contributed by atoms with Gasteiger partial charge >= 0.3 is 6.03 Å². The summed E-state index contributed by atoms with van der Waals surface area (Å²) < 4.78 is 2.04. The highest BCUT2D eigenvalue weighted by Crippen LogP contribution is 2.29. The second-order valence-corrected chi connectivity index (χ2v) is 10.5. The van der Waals surface area contributed by atoms with E-state index >= 15 is 0 Å². The van der Waals surface area contributed by atoms with E-state index in [2.05, 4.69) is 64.2 Å². The first-order chi connectivity index (χ1) is 19.0. The van der Waals surface area contributed by atoms with Gasteiger partial charge in [-0.2, -0.15) is 0 Å².